The van der Waals surface area contributed by atoms with Gasteiger partial charge in [0.05, 0.1) is 7.11 Å². The normalized spacial score (nSPS) is 10.8. The van der Waals surface area contributed by atoms with E-state index in [9.17, 15) is 4.79 Å². The average molecular weight is 360 g/mol. The highest BCUT2D eigenvalue weighted by Gasteiger charge is 2.23. The van der Waals surface area contributed by atoms with Crippen LogP contribution in [0.3, 0.4) is 0 Å². The van der Waals surface area contributed by atoms with Gasteiger partial charge in [-0.2, -0.15) is 0 Å². The lowest BCUT2D eigenvalue weighted by Gasteiger charge is -2.20. The number of methoxy groups -OCH3 is 1. The fraction of sp³-hybridized carbons (Fsp3) is 0.211. The highest BCUT2D eigenvalue weighted by Crippen LogP contribution is 2.39. The predicted octanol–water partition coefficient (Wildman–Crippen LogP) is 5.23. The Labute approximate surface area is 150 Å². The van der Waals surface area contributed by atoms with Crippen molar-refractivity contribution in [2.75, 3.05) is 13.7 Å². The van der Waals surface area contributed by atoms with E-state index in [-0.39, 0.29) is 5.91 Å². The topological polar surface area (TPSA) is 29.5 Å². The molecule has 1 aromatic heterocycles. The zero-order valence-electron chi connectivity index (χ0n) is 13.6. The average Bonchev–Trinajstić information content (AvgIpc) is 2.97. The molecule has 1 amide bonds. The molecule has 0 saturated carbocycles. The van der Waals surface area contributed by atoms with E-state index < -0.39 is 0 Å². The number of halogens is 1. The van der Waals surface area contributed by atoms with Gasteiger partial charge in [-0.1, -0.05) is 41.9 Å². The first-order valence-electron chi connectivity index (χ1n) is 7.73. The second-order valence-corrected chi connectivity index (χ2v) is 6.90. The quantitative estimate of drug-likeness (QED) is 0.624. The third-order valence-corrected chi connectivity index (χ3v) is 5.25. The van der Waals surface area contributed by atoms with Crippen LogP contribution in [-0.4, -0.2) is 24.5 Å². The molecule has 5 heteroatoms. The van der Waals surface area contributed by atoms with Crippen LogP contribution in [0, 0.1) is 0 Å². The summed E-state index contributed by atoms with van der Waals surface area (Å²) in [7, 11) is 1.60. The number of fused-ring (bicyclic) bond motifs is 1. The van der Waals surface area contributed by atoms with Crippen molar-refractivity contribution in [1.82, 2.24) is 4.90 Å². The lowest BCUT2D eigenvalue weighted by Crippen LogP contribution is -2.29. The Kier molecular flexibility index (Phi) is 5.07. The van der Waals surface area contributed by atoms with Gasteiger partial charge in [0, 0.05) is 28.2 Å². The first kappa shape index (κ1) is 16.8. The first-order valence-corrected chi connectivity index (χ1v) is 8.92. The minimum atomic E-state index is -0.0180. The zero-order valence-corrected chi connectivity index (χ0v) is 15.2. The molecule has 0 bridgehead atoms. The number of rotatable bonds is 5. The molecule has 1 heterocycles. The van der Waals surface area contributed by atoms with Gasteiger partial charge in [-0.3, -0.25) is 4.79 Å². The SMILES string of the molecule is CCN(Cc1ccccc1)C(=O)c1sc2cc(Cl)ccc2c1OC. The predicted molar refractivity (Wildman–Crippen MR) is 100 cm³/mol. The number of ether oxygens (including phenoxy) is 1. The van der Waals surface area contributed by atoms with E-state index >= 15 is 0 Å². The summed E-state index contributed by atoms with van der Waals surface area (Å²) in [5.41, 5.74) is 1.11. The molecule has 0 spiro atoms. The second kappa shape index (κ2) is 7.24. The highest BCUT2D eigenvalue weighted by atomic mass is 35.5. The zero-order chi connectivity index (χ0) is 17.1. The molecule has 124 valence electrons. The Morgan fingerprint density at radius 2 is 1.96 bits per heavy atom. The lowest BCUT2D eigenvalue weighted by molar-refractivity contribution is 0.0754. The Hall–Kier alpha value is -2.04. The molecular weight excluding hydrogens is 342 g/mol. The lowest BCUT2D eigenvalue weighted by atomic mass is 10.2. The maximum atomic E-state index is 13.0. The van der Waals surface area contributed by atoms with Crippen molar-refractivity contribution in [2.24, 2.45) is 0 Å². The largest absolute Gasteiger partial charge is 0.494 e. The van der Waals surface area contributed by atoms with Crippen molar-refractivity contribution >= 4 is 38.9 Å². The van der Waals surface area contributed by atoms with Gasteiger partial charge < -0.3 is 9.64 Å². The molecule has 0 aliphatic rings. The summed E-state index contributed by atoms with van der Waals surface area (Å²) in [4.78, 5) is 15.5. The van der Waals surface area contributed by atoms with Gasteiger partial charge in [0.25, 0.3) is 5.91 Å². The first-order chi connectivity index (χ1) is 11.6. The van der Waals surface area contributed by atoms with Crippen molar-refractivity contribution in [3.63, 3.8) is 0 Å². The van der Waals surface area contributed by atoms with Crippen LogP contribution in [0.1, 0.15) is 22.2 Å². The summed E-state index contributed by atoms with van der Waals surface area (Å²) in [5, 5.41) is 1.58. The number of benzene rings is 2. The van der Waals surface area contributed by atoms with E-state index in [1.165, 1.54) is 11.3 Å². The van der Waals surface area contributed by atoms with E-state index in [0.29, 0.717) is 28.7 Å². The number of thiophene rings is 1. The molecule has 0 saturated heterocycles. The van der Waals surface area contributed by atoms with Crippen molar-refractivity contribution in [3.8, 4) is 5.75 Å². The van der Waals surface area contributed by atoms with Crippen LogP contribution in [0.15, 0.2) is 48.5 Å². The molecule has 0 unspecified atom stereocenters. The maximum Gasteiger partial charge on any atom is 0.268 e. The van der Waals surface area contributed by atoms with Crippen LogP contribution in [0.25, 0.3) is 10.1 Å². The van der Waals surface area contributed by atoms with Gasteiger partial charge in [-0.25, -0.2) is 0 Å². The number of carbonyl (C=O) groups excluding carboxylic acids is 1. The molecule has 0 radical (unpaired) electrons. The fourth-order valence-electron chi connectivity index (χ4n) is 2.66. The van der Waals surface area contributed by atoms with E-state index in [0.717, 1.165) is 15.6 Å². The van der Waals surface area contributed by atoms with Crippen LogP contribution in [0.5, 0.6) is 5.75 Å². The standard InChI is InChI=1S/C19H18ClNO2S/c1-3-21(12-13-7-5-4-6-8-13)19(22)18-17(23-2)15-10-9-14(20)11-16(15)24-18/h4-11H,3,12H2,1-2H3. The summed E-state index contributed by atoms with van der Waals surface area (Å²) in [6.45, 7) is 3.19. The van der Waals surface area contributed by atoms with Crippen molar-refractivity contribution < 1.29 is 9.53 Å². The summed E-state index contributed by atoms with van der Waals surface area (Å²) in [5.74, 6) is 0.610. The van der Waals surface area contributed by atoms with E-state index in [2.05, 4.69) is 0 Å². The van der Waals surface area contributed by atoms with Gasteiger partial charge in [-0.15, -0.1) is 11.3 Å². The summed E-state index contributed by atoms with van der Waals surface area (Å²) in [6.07, 6.45) is 0. The van der Waals surface area contributed by atoms with Crippen LogP contribution >= 0.6 is 22.9 Å². The van der Waals surface area contributed by atoms with Crippen molar-refractivity contribution in [1.29, 1.82) is 0 Å². The molecule has 3 aromatic rings. The van der Waals surface area contributed by atoms with Gasteiger partial charge in [0.15, 0.2) is 0 Å². The third kappa shape index (κ3) is 3.25. The van der Waals surface area contributed by atoms with Crippen LogP contribution in [0.4, 0.5) is 0 Å². The molecule has 0 aliphatic heterocycles. The summed E-state index contributed by atoms with van der Waals surface area (Å²) in [6, 6.07) is 15.6. The number of carbonyl (C=O) groups is 1. The Balaban J connectivity index is 1.97. The molecule has 0 fully saturated rings. The maximum absolute atomic E-state index is 13.0. The molecule has 3 rings (SSSR count). The third-order valence-electron chi connectivity index (χ3n) is 3.89. The smallest absolute Gasteiger partial charge is 0.268 e. The highest BCUT2D eigenvalue weighted by molar-refractivity contribution is 7.21. The van der Waals surface area contributed by atoms with E-state index in [1.807, 2.05) is 60.4 Å². The van der Waals surface area contributed by atoms with Gasteiger partial charge in [0.2, 0.25) is 0 Å². The summed E-state index contributed by atoms with van der Waals surface area (Å²) >= 11 is 7.50. The van der Waals surface area contributed by atoms with Crippen LogP contribution < -0.4 is 4.74 Å². The summed E-state index contributed by atoms with van der Waals surface area (Å²) < 4.78 is 6.48. The number of nitrogens with zero attached hydrogens (tertiary/aromatic N) is 1. The van der Waals surface area contributed by atoms with E-state index in [1.54, 1.807) is 7.11 Å². The second-order valence-electron chi connectivity index (χ2n) is 5.41. The van der Waals surface area contributed by atoms with Gasteiger partial charge in [-0.05, 0) is 30.7 Å². The number of hydrogen-bond acceptors (Lipinski definition) is 3. The molecule has 3 nitrogen and oxygen atoms in total. The Bertz CT molecular complexity index is 860. The van der Waals surface area contributed by atoms with Crippen molar-refractivity contribution in [2.45, 2.75) is 13.5 Å². The molecule has 0 atom stereocenters. The Morgan fingerprint density at radius 3 is 2.62 bits per heavy atom. The fourth-order valence-corrected chi connectivity index (χ4v) is 4.08. The Morgan fingerprint density at radius 1 is 1.21 bits per heavy atom. The van der Waals surface area contributed by atoms with Crippen molar-refractivity contribution in [3.05, 3.63) is 64.0 Å². The van der Waals surface area contributed by atoms with Crippen LogP contribution in [-0.2, 0) is 6.54 Å². The monoisotopic (exact) mass is 359 g/mol. The molecule has 0 aliphatic carbocycles. The molecule has 2 aromatic carbocycles. The molecule has 0 N–H and O–H groups in total. The molecule has 24 heavy (non-hydrogen) atoms. The minimum absolute atomic E-state index is 0.0180. The number of hydrogen-bond donors (Lipinski definition) is 0. The van der Waals surface area contributed by atoms with Gasteiger partial charge in [0.1, 0.15) is 10.6 Å². The number of amides is 1. The minimum Gasteiger partial charge on any atom is -0.494 e. The van der Waals surface area contributed by atoms with Gasteiger partial charge >= 0.3 is 0 Å². The molecular formula is C19H18ClNO2S. The van der Waals surface area contributed by atoms with E-state index in [4.69, 9.17) is 16.3 Å². The van der Waals surface area contributed by atoms with Crippen LogP contribution in [0.2, 0.25) is 5.02 Å².